The number of nitrogens with one attached hydrogen (secondary N) is 1. The first-order valence-corrected chi connectivity index (χ1v) is 11.0. The maximum Gasteiger partial charge on any atom is 0.243 e. The molecule has 0 heterocycles. The zero-order valence-electron chi connectivity index (χ0n) is 16.7. The Bertz CT molecular complexity index is 1280. The van der Waals surface area contributed by atoms with E-state index >= 15 is 0 Å². The summed E-state index contributed by atoms with van der Waals surface area (Å²) in [5.74, 6) is 0.681. The van der Waals surface area contributed by atoms with Gasteiger partial charge in [-0.15, -0.1) is 12.4 Å². The normalized spacial score (nSPS) is 11.1. The molecule has 0 atom stereocenters. The van der Waals surface area contributed by atoms with Gasteiger partial charge in [0, 0.05) is 11.9 Å². The van der Waals surface area contributed by atoms with Crippen molar-refractivity contribution < 1.29 is 13.2 Å². The Morgan fingerprint density at radius 1 is 0.806 bits per heavy atom. The zero-order valence-corrected chi connectivity index (χ0v) is 18.3. The van der Waals surface area contributed by atoms with Crippen molar-refractivity contribution in [3.63, 3.8) is 0 Å². The summed E-state index contributed by atoms with van der Waals surface area (Å²) in [6.07, 6.45) is 0. The Labute approximate surface area is 188 Å². The number of hydrogen-bond donors (Lipinski definition) is 2. The first-order valence-electron chi connectivity index (χ1n) is 9.55. The van der Waals surface area contributed by atoms with Gasteiger partial charge in [0.15, 0.2) is 0 Å². The van der Waals surface area contributed by atoms with E-state index in [4.69, 9.17) is 10.5 Å². The maximum atomic E-state index is 13.0. The van der Waals surface area contributed by atoms with Gasteiger partial charge >= 0.3 is 0 Å². The average Bonchev–Trinajstić information content (AvgIpc) is 2.77. The van der Waals surface area contributed by atoms with Gasteiger partial charge in [-0.25, -0.2) is 13.1 Å². The van der Waals surface area contributed by atoms with E-state index in [1.807, 2.05) is 72.8 Å². The highest BCUT2D eigenvalue weighted by Crippen LogP contribution is 2.28. The second-order valence-electron chi connectivity index (χ2n) is 6.95. The molecule has 3 N–H and O–H groups in total. The van der Waals surface area contributed by atoms with E-state index in [2.05, 4.69) is 4.72 Å². The number of benzene rings is 4. The lowest BCUT2D eigenvalue weighted by Gasteiger charge is -2.13. The molecule has 7 heteroatoms. The predicted octanol–water partition coefficient (Wildman–Crippen LogP) is 4.90. The zero-order chi connectivity index (χ0) is 21.0. The molecule has 160 valence electrons. The van der Waals surface area contributed by atoms with Gasteiger partial charge in [0.25, 0.3) is 0 Å². The Balaban J connectivity index is 0.00000272. The Morgan fingerprint density at radius 3 is 2.32 bits per heavy atom. The molecular weight excluding hydrogens is 432 g/mol. The van der Waals surface area contributed by atoms with Crippen LogP contribution in [-0.4, -0.2) is 8.42 Å². The molecule has 4 aromatic rings. The van der Waals surface area contributed by atoms with Crippen LogP contribution in [0.2, 0.25) is 0 Å². The molecule has 0 aromatic heterocycles. The van der Waals surface area contributed by atoms with Gasteiger partial charge in [0.05, 0.1) is 5.69 Å². The summed E-state index contributed by atoms with van der Waals surface area (Å²) >= 11 is 0. The van der Waals surface area contributed by atoms with E-state index in [1.165, 1.54) is 0 Å². The van der Waals surface area contributed by atoms with Gasteiger partial charge in [-0.2, -0.15) is 0 Å². The topological polar surface area (TPSA) is 81.4 Å². The molecule has 0 saturated carbocycles. The standard InChI is InChI=1S/C24H22N2O3S.ClH/c25-23-14-13-20-10-4-5-12-22(20)24(23)30(27,28)26-16-19-9-6-11-21(15-19)29-17-18-7-2-1-3-8-18;/h1-15,26H,16-17,25H2;1H. The second kappa shape index (κ2) is 9.83. The summed E-state index contributed by atoms with van der Waals surface area (Å²) in [6, 6.07) is 28.0. The van der Waals surface area contributed by atoms with Gasteiger partial charge < -0.3 is 10.5 Å². The van der Waals surface area contributed by atoms with Crippen LogP contribution in [-0.2, 0) is 23.2 Å². The number of nitrogens with two attached hydrogens (primary N) is 1. The molecular formula is C24H23ClN2O3S. The number of fused-ring (bicyclic) bond motifs is 1. The fourth-order valence-electron chi connectivity index (χ4n) is 3.30. The number of halogens is 1. The molecule has 0 aliphatic carbocycles. The molecule has 31 heavy (non-hydrogen) atoms. The van der Waals surface area contributed by atoms with Gasteiger partial charge in [0.1, 0.15) is 17.3 Å². The number of ether oxygens (including phenoxy) is 1. The highest BCUT2D eigenvalue weighted by molar-refractivity contribution is 7.89. The molecule has 0 amide bonds. The van der Waals surface area contributed by atoms with E-state index in [1.54, 1.807) is 18.2 Å². The molecule has 0 aliphatic rings. The number of rotatable bonds is 7. The third-order valence-corrected chi connectivity index (χ3v) is 6.31. The molecule has 4 rings (SSSR count). The van der Waals surface area contributed by atoms with Gasteiger partial charge in [-0.3, -0.25) is 0 Å². The molecule has 5 nitrogen and oxygen atoms in total. The minimum absolute atomic E-state index is 0. The van der Waals surface area contributed by atoms with Crippen molar-refractivity contribution in [3.05, 3.63) is 102 Å². The lowest BCUT2D eigenvalue weighted by atomic mass is 10.1. The first-order chi connectivity index (χ1) is 14.5. The van der Waals surface area contributed by atoms with Crippen molar-refractivity contribution in [3.8, 4) is 5.75 Å². The van der Waals surface area contributed by atoms with Crippen molar-refractivity contribution in [1.29, 1.82) is 0 Å². The van der Waals surface area contributed by atoms with Crippen LogP contribution >= 0.6 is 12.4 Å². The van der Waals surface area contributed by atoms with Gasteiger partial charge in [-0.05, 0) is 34.7 Å². The van der Waals surface area contributed by atoms with Crippen molar-refractivity contribution in [2.75, 3.05) is 5.73 Å². The SMILES string of the molecule is Cl.Nc1ccc2ccccc2c1S(=O)(=O)NCc1cccc(OCc2ccccc2)c1. The Morgan fingerprint density at radius 2 is 1.52 bits per heavy atom. The van der Waals surface area contributed by atoms with Crippen LogP contribution in [0.1, 0.15) is 11.1 Å². The van der Waals surface area contributed by atoms with Crippen LogP contribution in [0.5, 0.6) is 5.75 Å². The lowest BCUT2D eigenvalue weighted by Crippen LogP contribution is -2.24. The minimum Gasteiger partial charge on any atom is -0.489 e. The van der Waals surface area contributed by atoms with Gasteiger partial charge in [0.2, 0.25) is 10.0 Å². The maximum absolute atomic E-state index is 13.0. The van der Waals surface area contributed by atoms with Crippen LogP contribution in [0.3, 0.4) is 0 Å². The highest BCUT2D eigenvalue weighted by Gasteiger charge is 2.20. The predicted molar refractivity (Wildman–Crippen MR) is 127 cm³/mol. The minimum atomic E-state index is -3.80. The van der Waals surface area contributed by atoms with Crippen LogP contribution in [0.15, 0.2) is 95.9 Å². The number of nitrogen functional groups attached to an aromatic ring is 1. The molecule has 0 aliphatic heterocycles. The molecule has 0 bridgehead atoms. The molecule has 0 fully saturated rings. The first kappa shape index (κ1) is 22.6. The molecule has 4 aromatic carbocycles. The van der Waals surface area contributed by atoms with Crippen molar-refractivity contribution in [1.82, 2.24) is 4.72 Å². The van der Waals surface area contributed by atoms with Crippen LogP contribution in [0.4, 0.5) is 5.69 Å². The summed E-state index contributed by atoms with van der Waals surface area (Å²) in [4.78, 5) is 0.108. The van der Waals surface area contributed by atoms with Crippen molar-refractivity contribution in [2.45, 2.75) is 18.0 Å². The molecule has 0 saturated heterocycles. The van der Waals surface area contributed by atoms with E-state index in [-0.39, 0.29) is 29.5 Å². The van der Waals surface area contributed by atoms with E-state index in [9.17, 15) is 8.42 Å². The summed E-state index contributed by atoms with van der Waals surface area (Å²) in [5, 5.41) is 1.42. The summed E-state index contributed by atoms with van der Waals surface area (Å²) in [6.45, 7) is 0.579. The quantitative estimate of drug-likeness (QED) is 0.389. The molecule has 0 spiro atoms. The number of anilines is 1. The molecule has 0 radical (unpaired) electrons. The van der Waals surface area contributed by atoms with Crippen LogP contribution in [0, 0.1) is 0 Å². The fourth-order valence-corrected chi connectivity index (χ4v) is 4.65. The summed E-state index contributed by atoms with van der Waals surface area (Å²) < 4.78 is 34.5. The monoisotopic (exact) mass is 454 g/mol. The summed E-state index contributed by atoms with van der Waals surface area (Å²) in [7, 11) is -3.80. The molecule has 0 unspecified atom stereocenters. The van der Waals surface area contributed by atoms with E-state index in [0.717, 1.165) is 16.5 Å². The largest absolute Gasteiger partial charge is 0.489 e. The van der Waals surface area contributed by atoms with E-state index < -0.39 is 10.0 Å². The Kier molecular flexibility index (Phi) is 7.17. The lowest BCUT2D eigenvalue weighted by molar-refractivity contribution is 0.306. The smallest absolute Gasteiger partial charge is 0.243 e. The third kappa shape index (κ3) is 5.35. The second-order valence-corrected chi connectivity index (χ2v) is 8.66. The van der Waals surface area contributed by atoms with Crippen LogP contribution in [0.25, 0.3) is 10.8 Å². The fraction of sp³-hybridized carbons (Fsp3) is 0.0833. The van der Waals surface area contributed by atoms with E-state index in [0.29, 0.717) is 17.7 Å². The number of hydrogen-bond acceptors (Lipinski definition) is 4. The summed E-state index contributed by atoms with van der Waals surface area (Å²) in [5.41, 5.74) is 8.10. The Hall–Kier alpha value is -3.06. The van der Waals surface area contributed by atoms with Crippen LogP contribution < -0.4 is 15.2 Å². The average molecular weight is 455 g/mol. The number of sulfonamides is 1. The van der Waals surface area contributed by atoms with Gasteiger partial charge in [-0.1, -0.05) is 72.8 Å². The third-order valence-electron chi connectivity index (χ3n) is 4.79. The highest BCUT2D eigenvalue weighted by atomic mass is 35.5. The van der Waals surface area contributed by atoms with Crippen molar-refractivity contribution in [2.24, 2.45) is 0 Å². The van der Waals surface area contributed by atoms with Crippen molar-refractivity contribution >= 4 is 38.9 Å².